The molecular weight excluding hydrogens is 312 g/mol. The van der Waals surface area contributed by atoms with Crippen LogP contribution in [0, 0.1) is 11.8 Å². The highest BCUT2D eigenvalue weighted by molar-refractivity contribution is 7.13. The van der Waals surface area contributed by atoms with E-state index >= 15 is 0 Å². The van der Waals surface area contributed by atoms with Crippen molar-refractivity contribution < 1.29 is 9.53 Å². The number of hydrogen-bond donors (Lipinski definition) is 1. The van der Waals surface area contributed by atoms with E-state index in [1.54, 1.807) is 11.3 Å². The smallest absolute Gasteiger partial charge is 0.236 e. The van der Waals surface area contributed by atoms with Gasteiger partial charge in [0, 0.05) is 43.7 Å². The summed E-state index contributed by atoms with van der Waals surface area (Å²) in [5.41, 5.74) is 0. The van der Waals surface area contributed by atoms with Crippen LogP contribution in [0.15, 0.2) is 11.6 Å². The molecule has 2 atom stereocenters. The summed E-state index contributed by atoms with van der Waals surface area (Å²) in [5.74, 6) is 1.24. The van der Waals surface area contributed by atoms with Gasteiger partial charge in [0.05, 0.1) is 25.8 Å². The normalized spacial score (nSPS) is 26.0. The van der Waals surface area contributed by atoms with Gasteiger partial charge in [-0.05, 0) is 5.92 Å². The number of anilines is 1. The van der Waals surface area contributed by atoms with E-state index in [0.29, 0.717) is 18.4 Å². The van der Waals surface area contributed by atoms with Gasteiger partial charge in [0.2, 0.25) is 5.91 Å². The Morgan fingerprint density at radius 1 is 1.43 bits per heavy atom. The van der Waals surface area contributed by atoms with Crippen LogP contribution in [-0.4, -0.2) is 72.7 Å². The first-order chi connectivity index (χ1) is 11.1. The Morgan fingerprint density at radius 2 is 2.22 bits per heavy atom. The molecule has 1 amide bonds. The summed E-state index contributed by atoms with van der Waals surface area (Å²) in [5, 5.41) is 6.44. The highest BCUT2D eigenvalue weighted by atomic mass is 32.1. The van der Waals surface area contributed by atoms with E-state index in [1.807, 2.05) is 16.5 Å². The Kier molecular flexibility index (Phi) is 5.50. The second kappa shape index (κ2) is 7.59. The summed E-state index contributed by atoms with van der Waals surface area (Å²) in [4.78, 5) is 21.2. The molecule has 7 heteroatoms. The van der Waals surface area contributed by atoms with Crippen LogP contribution in [0.1, 0.15) is 13.8 Å². The molecule has 6 nitrogen and oxygen atoms in total. The Morgan fingerprint density at radius 3 is 2.87 bits per heavy atom. The molecule has 2 aliphatic rings. The predicted molar refractivity (Wildman–Crippen MR) is 91.7 cm³/mol. The van der Waals surface area contributed by atoms with E-state index in [9.17, 15) is 4.79 Å². The summed E-state index contributed by atoms with van der Waals surface area (Å²) in [6.07, 6.45) is 1.81. The molecule has 0 aromatic carbocycles. The Labute approximate surface area is 141 Å². The third-order valence-electron chi connectivity index (χ3n) is 4.78. The Hall–Kier alpha value is -1.18. The van der Waals surface area contributed by atoms with Crippen LogP contribution in [0.4, 0.5) is 5.13 Å². The fourth-order valence-corrected chi connectivity index (χ4v) is 3.96. The first-order valence-electron chi connectivity index (χ1n) is 8.37. The second-order valence-corrected chi connectivity index (χ2v) is 7.58. The van der Waals surface area contributed by atoms with Gasteiger partial charge in [0.25, 0.3) is 0 Å². The topological polar surface area (TPSA) is 57.7 Å². The molecule has 2 fully saturated rings. The largest absolute Gasteiger partial charge is 0.379 e. The third-order valence-corrected chi connectivity index (χ3v) is 5.48. The monoisotopic (exact) mass is 338 g/mol. The van der Waals surface area contributed by atoms with Crippen LogP contribution < -0.4 is 5.32 Å². The lowest BCUT2D eigenvalue weighted by Gasteiger charge is -2.28. The van der Waals surface area contributed by atoms with Crippen LogP contribution in [0.2, 0.25) is 0 Å². The maximum atomic E-state index is 12.6. The van der Waals surface area contributed by atoms with Crippen molar-refractivity contribution in [3.8, 4) is 0 Å². The van der Waals surface area contributed by atoms with Gasteiger partial charge in [-0.25, -0.2) is 4.98 Å². The standard InChI is InChI=1S/C16H26N4O2S/c1-12(2)13-9-20(10-14(13)18-16-17-3-8-23-16)15(21)11-19-4-6-22-7-5-19/h3,8,12-14H,4-7,9-11H2,1-2H3,(H,17,18)/t13-,14+/m0/s1. The SMILES string of the molecule is CC(C)[C@@H]1CN(C(=O)CN2CCOCC2)C[C@H]1Nc1nccs1. The van der Waals surface area contributed by atoms with Crippen LogP contribution in [-0.2, 0) is 9.53 Å². The predicted octanol–water partition coefficient (Wildman–Crippen LogP) is 1.37. The fourth-order valence-electron chi connectivity index (χ4n) is 3.36. The van der Waals surface area contributed by atoms with E-state index in [1.165, 1.54) is 0 Å². The maximum Gasteiger partial charge on any atom is 0.236 e. The van der Waals surface area contributed by atoms with Gasteiger partial charge in [-0.2, -0.15) is 0 Å². The summed E-state index contributed by atoms with van der Waals surface area (Å²) in [6.45, 7) is 9.76. The number of carbonyl (C=O) groups is 1. The number of nitrogens with zero attached hydrogens (tertiary/aromatic N) is 3. The molecule has 3 heterocycles. The van der Waals surface area contributed by atoms with Crippen molar-refractivity contribution in [1.29, 1.82) is 0 Å². The average Bonchev–Trinajstić information content (AvgIpc) is 3.18. The highest BCUT2D eigenvalue weighted by Crippen LogP contribution is 2.28. The lowest BCUT2D eigenvalue weighted by molar-refractivity contribution is -0.132. The van der Waals surface area contributed by atoms with Gasteiger partial charge in [0.1, 0.15) is 0 Å². The molecule has 1 aromatic heterocycles. The van der Waals surface area contributed by atoms with Gasteiger partial charge in [-0.3, -0.25) is 9.69 Å². The first-order valence-corrected chi connectivity index (χ1v) is 9.25. The summed E-state index contributed by atoms with van der Waals surface area (Å²) >= 11 is 1.61. The zero-order valence-electron chi connectivity index (χ0n) is 13.9. The summed E-state index contributed by atoms with van der Waals surface area (Å²) in [7, 11) is 0. The number of ether oxygens (including phenoxy) is 1. The Bertz CT molecular complexity index is 502. The maximum absolute atomic E-state index is 12.6. The van der Waals surface area contributed by atoms with Crippen LogP contribution >= 0.6 is 11.3 Å². The van der Waals surface area contributed by atoms with Crippen molar-refractivity contribution >= 4 is 22.4 Å². The molecular formula is C16H26N4O2S. The third kappa shape index (κ3) is 4.22. The number of nitrogens with one attached hydrogen (secondary N) is 1. The van der Waals surface area contributed by atoms with Crippen molar-refractivity contribution in [1.82, 2.24) is 14.8 Å². The molecule has 23 heavy (non-hydrogen) atoms. The van der Waals surface area contributed by atoms with Crippen molar-refractivity contribution in [2.45, 2.75) is 19.9 Å². The highest BCUT2D eigenvalue weighted by Gasteiger charge is 2.37. The van der Waals surface area contributed by atoms with Gasteiger partial charge in [0.15, 0.2) is 5.13 Å². The van der Waals surface area contributed by atoms with Crippen molar-refractivity contribution in [3.63, 3.8) is 0 Å². The number of amides is 1. The molecule has 0 radical (unpaired) electrons. The number of rotatable bonds is 5. The van der Waals surface area contributed by atoms with Crippen molar-refractivity contribution in [3.05, 3.63) is 11.6 Å². The Balaban J connectivity index is 1.58. The summed E-state index contributed by atoms with van der Waals surface area (Å²) < 4.78 is 5.35. The molecule has 0 unspecified atom stereocenters. The van der Waals surface area contributed by atoms with E-state index in [-0.39, 0.29) is 11.9 Å². The number of aromatic nitrogens is 1. The fraction of sp³-hybridized carbons (Fsp3) is 0.750. The van der Waals surface area contributed by atoms with Gasteiger partial charge >= 0.3 is 0 Å². The minimum atomic E-state index is 0.237. The zero-order valence-corrected chi connectivity index (χ0v) is 14.7. The average molecular weight is 338 g/mol. The quantitative estimate of drug-likeness (QED) is 0.879. The molecule has 0 saturated carbocycles. The lowest BCUT2D eigenvalue weighted by atomic mass is 9.91. The zero-order chi connectivity index (χ0) is 16.2. The van der Waals surface area contributed by atoms with E-state index in [4.69, 9.17) is 4.74 Å². The number of hydrogen-bond acceptors (Lipinski definition) is 6. The molecule has 3 rings (SSSR count). The van der Waals surface area contributed by atoms with Crippen molar-refractivity contribution in [2.75, 3.05) is 51.3 Å². The molecule has 0 spiro atoms. The van der Waals surface area contributed by atoms with E-state index in [2.05, 4.69) is 29.0 Å². The minimum absolute atomic E-state index is 0.237. The van der Waals surface area contributed by atoms with E-state index in [0.717, 1.165) is 44.5 Å². The second-order valence-electron chi connectivity index (χ2n) is 6.68. The first kappa shape index (κ1) is 16.7. The molecule has 1 aromatic rings. The van der Waals surface area contributed by atoms with Gasteiger partial charge < -0.3 is 15.0 Å². The number of morpholine rings is 1. The molecule has 2 saturated heterocycles. The number of likely N-dealkylation sites (tertiary alicyclic amines) is 1. The van der Waals surface area contributed by atoms with Crippen molar-refractivity contribution in [2.24, 2.45) is 11.8 Å². The summed E-state index contributed by atoms with van der Waals surface area (Å²) in [6, 6.07) is 0.287. The number of thiazole rings is 1. The van der Waals surface area contributed by atoms with Crippen LogP contribution in [0.3, 0.4) is 0 Å². The van der Waals surface area contributed by atoms with Crippen LogP contribution in [0.5, 0.6) is 0 Å². The van der Waals surface area contributed by atoms with Gasteiger partial charge in [-0.1, -0.05) is 13.8 Å². The number of carbonyl (C=O) groups excluding carboxylic acids is 1. The van der Waals surface area contributed by atoms with Crippen LogP contribution in [0.25, 0.3) is 0 Å². The minimum Gasteiger partial charge on any atom is -0.379 e. The van der Waals surface area contributed by atoms with E-state index < -0.39 is 0 Å². The lowest BCUT2D eigenvalue weighted by Crippen LogP contribution is -2.44. The molecule has 128 valence electrons. The molecule has 1 N–H and O–H groups in total. The molecule has 2 aliphatic heterocycles. The molecule has 0 aliphatic carbocycles. The van der Waals surface area contributed by atoms with Gasteiger partial charge in [-0.15, -0.1) is 11.3 Å². The molecule has 0 bridgehead atoms.